The summed E-state index contributed by atoms with van der Waals surface area (Å²) < 4.78 is 1.20. The SMILES string of the molecule is C[S+](C)CC(=O)c1cc2ccccc2s1.c1ccc([B-](c2ccccc2)(c2ccccc2)c2ccccc2)cc1. The fraction of sp³-hybridized carbons (Fsp3) is 0.0833. The first-order valence-electron chi connectivity index (χ1n) is 13.5. The Morgan fingerprint density at radius 3 is 1.32 bits per heavy atom. The van der Waals surface area contributed by atoms with Crippen LogP contribution in [0.4, 0.5) is 0 Å². The van der Waals surface area contributed by atoms with Gasteiger partial charge in [0.2, 0.25) is 5.78 Å². The van der Waals surface area contributed by atoms with Gasteiger partial charge < -0.3 is 0 Å². The number of hydrogen-bond donors (Lipinski definition) is 0. The van der Waals surface area contributed by atoms with Gasteiger partial charge >= 0.3 is 0 Å². The Bertz CT molecular complexity index is 1450. The topological polar surface area (TPSA) is 17.1 Å². The molecule has 1 heterocycles. The molecule has 0 fully saturated rings. The lowest BCUT2D eigenvalue weighted by Gasteiger charge is -2.44. The van der Waals surface area contributed by atoms with Crippen molar-refractivity contribution >= 4 is 66.1 Å². The summed E-state index contributed by atoms with van der Waals surface area (Å²) in [5, 5.41) is 1.18. The van der Waals surface area contributed by atoms with Crippen LogP contribution in [0.3, 0.4) is 0 Å². The van der Waals surface area contributed by atoms with E-state index < -0.39 is 6.15 Å². The van der Waals surface area contributed by atoms with Crippen molar-refractivity contribution in [3.63, 3.8) is 0 Å². The fourth-order valence-corrected chi connectivity index (χ4v) is 7.35. The predicted octanol–water partition coefficient (Wildman–Crippen LogP) is 6.03. The Morgan fingerprint density at radius 2 is 0.950 bits per heavy atom. The van der Waals surface area contributed by atoms with Crippen molar-refractivity contribution in [3.05, 3.63) is 157 Å². The van der Waals surface area contributed by atoms with Crippen LogP contribution in [0.2, 0.25) is 0 Å². The zero-order chi connectivity index (χ0) is 27.8. The zero-order valence-corrected chi connectivity index (χ0v) is 24.6. The lowest BCUT2D eigenvalue weighted by atomic mass is 9.13. The molecule has 4 heteroatoms. The largest absolute Gasteiger partial charge is 0.288 e. The van der Waals surface area contributed by atoms with E-state index in [0.29, 0.717) is 5.75 Å². The first-order valence-corrected chi connectivity index (χ1v) is 16.6. The van der Waals surface area contributed by atoms with Crippen LogP contribution >= 0.6 is 11.3 Å². The summed E-state index contributed by atoms with van der Waals surface area (Å²) >= 11 is 1.60. The highest BCUT2D eigenvalue weighted by Crippen LogP contribution is 2.25. The maximum atomic E-state index is 11.8. The van der Waals surface area contributed by atoms with Crippen LogP contribution in [-0.4, -0.2) is 30.2 Å². The molecule has 0 bridgehead atoms. The van der Waals surface area contributed by atoms with Gasteiger partial charge in [-0.25, -0.2) is 0 Å². The summed E-state index contributed by atoms with van der Waals surface area (Å²) in [7, 11) is 0.189. The number of hydrogen-bond acceptors (Lipinski definition) is 2. The van der Waals surface area contributed by atoms with E-state index in [1.54, 1.807) is 11.3 Å². The molecule has 6 rings (SSSR count). The Morgan fingerprint density at radius 1 is 0.575 bits per heavy atom. The number of thiophene rings is 1. The van der Waals surface area contributed by atoms with E-state index in [2.05, 4.69) is 146 Å². The normalized spacial score (nSPS) is 11.2. The first kappa shape index (κ1) is 27.7. The summed E-state index contributed by atoms with van der Waals surface area (Å²) in [5.74, 6) is 0.955. The number of carbonyl (C=O) groups excluding carboxylic acids is 1. The number of carbonyl (C=O) groups is 1. The van der Waals surface area contributed by atoms with Crippen molar-refractivity contribution in [2.75, 3.05) is 18.3 Å². The molecule has 6 aromatic rings. The quantitative estimate of drug-likeness (QED) is 0.133. The Hall–Kier alpha value is -3.86. The average Bonchev–Trinajstić information content (AvgIpc) is 3.45. The number of benzene rings is 5. The van der Waals surface area contributed by atoms with E-state index in [4.69, 9.17) is 0 Å². The van der Waals surface area contributed by atoms with Gasteiger partial charge in [-0.3, -0.25) is 4.79 Å². The molecule has 0 atom stereocenters. The summed E-state index contributed by atoms with van der Waals surface area (Å²) in [6, 6.07) is 53.7. The highest BCUT2D eigenvalue weighted by atomic mass is 32.2. The zero-order valence-electron chi connectivity index (χ0n) is 22.9. The van der Waals surface area contributed by atoms with Crippen LogP contribution < -0.4 is 21.9 Å². The third-order valence-electron chi connectivity index (χ3n) is 7.32. The molecule has 198 valence electrons. The molecule has 0 amide bonds. The molecule has 0 spiro atoms. The maximum Gasteiger partial charge on any atom is 0.221 e. The van der Waals surface area contributed by atoms with E-state index in [-0.39, 0.29) is 16.7 Å². The molecule has 1 aromatic heterocycles. The van der Waals surface area contributed by atoms with E-state index in [0.717, 1.165) is 4.88 Å². The third kappa shape index (κ3) is 5.99. The van der Waals surface area contributed by atoms with E-state index in [1.165, 1.54) is 31.9 Å². The Labute approximate surface area is 244 Å². The number of Topliss-reactive ketones (excluding diaryl/α,β-unsaturated/α-hetero) is 1. The highest BCUT2D eigenvalue weighted by Gasteiger charge is 2.31. The molecule has 0 saturated heterocycles. The summed E-state index contributed by atoms with van der Waals surface area (Å²) in [4.78, 5) is 12.7. The van der Waals surface area contributed by atoms with Crippen molar-refractivity contribution < 1.29 is 4.79 Å². The maximum absolute atomic E-state index is 11.8. The van der Waals surface area contributed by atoms with Crippen LogP contribution in [0.15, 0.2) is 152 Å². The van der Waals surface area contributed by atoms with Crippen molar-refractivity contribution in [2.45, 2.75) is 0 Å². The molecule has 0 saturated carbocycles. The van der Waals surface area contributed by atoms with Gasteiger partial charge in [0.05, 0.1) is 17.4 Å². The molecule has 5 aromatic carbocycles. The average molecular weight is 557 g/mol. The van der Waals surface area contributed by atoms with Gasteiger partial charge in [0.15, 0.2) is 5.75 Å². The number of rotatable bonds is 7. The molecule has 0 N–H and O–H groups in total. The minimum absolute atomic E-state index is 0.189. The van der Waals surface area contributed by atoms with E-state index >= 15 is 0 Å². The van der Waals surface area contributed by atoms with Crippen molar-refractivity contribution in [2.24, 2.45) is 0 Å². The molecule has 1 nitrogen and oxygen atoms in total. The Balaban J connectivity index is 0.000000184. The predicted molar refractivity (Wildman–Crippen MR) is 180 cm³/mol. The monoisotopic (exact) mass is 556 g/mol. The molecular weight excluding hydrogens is 523 g/mol. The van der Waals surface area contributed by atoms with Crippen molar-refractivity contribution in [1.29, 1.82) is 0 Å². The highest BCUT2D eigenvalue weighted by molar-refractivity contribution is 7.96. The van der Waals surface area contributed by atoms with Crippen molar-refractivity contribution in [1.82, 2.24) is 0 Å². The standard InChI is InChI=1S/C24H20B.C12H13OS2/c1-5-13-21(14-6-1)25(22-15-7-2-8-16-22,23-17-9-3-10-18-23)24-19-11-4-12-20-24;1-15(2)8-10(13)12-7-9-5-3-4-6-11(9)14-12/h1-20H;3-7H,8H2,1-2H3/q-1;+1. The second kappa shape index (κ2) is 13.0. The van der Waals surface area contributed by atoms with Gasteiger partial charge in [0.25, 0.3) is 0 Å². The van der Waals surface area contributed by atoms with Crippen LogP contribution in [0.5, 0.6) is 0 Å². The summed E-state index contributed by atoms with van der Waals surface area (Å²) in [6.45, 7) is 0. The first-order chi connectivity index (χ1) is 19.6. The lowest BCUT2D eigenvalue weighted by molar-refractivity contribution is 0.102. The fourth-order valence-electron chi connectivity index (χ4n) is 5.57. The lowest BCUT2D eigenvalue weighted by Crippen LogP contribution is -2.74. The molecule has 40 heavy (non-hydrogen) atoms. The van der Waals surface area contributed by atoms with Crippen LogP contribution in [0.25, 0.3) is 10.1 Å². The van der Waals surface area contributed by atoms with E-state index in [9.17, 15) is 4.79 Å². The van der Waals surface area contributed by atoms with Gasteiger partial charge in [-0.2, -0.15) is 21.9 Å². The van der Waals surface area contributed by atoms with Gasteiger partial charge in [0.1, 0.15) is 6.15 Å². The second-order valence-electron chi connectivity index (χ2n) is 10.2. The van der Waals surface area contributed by atoms with Crippen LogP contribution in [-0.2, 0) is 10.9 Å². The third-order valence-corrected chi connectivity index (χ3v) is 9.32. The van der Waals surface area contributed by atoms with Crippen molar-refractivity contribution in [3.8, 4) is 0 Å². The molecule has 0 radical (unpaired) electrons. The smallest absolute Gasteiger partial charge is 0.221 e. The molecule has 0 aliphatic rings. The second-order valence-corrected chi connectivity index (χ2v) is 13.6. The molecule has 0 aliphatic carbocycles. The molecule has 0 unspecified atom stereocenters. The number of fused-ring (bicyclic) bond motifs is 1. The summed E-state index contributed by atoms with van der Waals surface area (Å²) in [6.07, 6.45) is 2.99. The van der Waals surface area contributed by atoms with Gasteiger partial charge in [-0.05, 0) is 28.4 Å². The van der Waals surface area contributed by atoms with Crippen LogP contribution in [0.1, 0.15) is 9.67 Å². The van der Waals surface area contributed by atoms with Gasteiger partial charge in [-0.15, -0.1) is 11.3 Å². The minimum Gasteiger partial charge on any atom is -0.288 e. The summed E-state index contributed by atoms with van der Waals surface area (Å²) in [5.41, 5.74) is 5.36. The van der Waals surface area contributed by atoms with Gasteiger partial charge in [-0.1, -0.05) is 140 Å². The Kier molecular flexibility index (Phi) is 9.00. The van der Waals surface area contributed by atoms with E-state index in [1.807, 2.05) is 18.2 Å². The molecule has 0 aliphatic heterocycles. The number of ketones is 1. The van der Waals surface area contributed by atoms with Gasteiger partial charge in [0, 0.05) is 4.70 Å². The minimum atomic E-state index is -1.22. The molecular formula is C36H33BOS2. The van der Waals surface area contributed by atoms with Crippen LogP contribution in [0, 0.1) is 0 Å².